The third-order valence-corrected chi connectivity index (χ3v) is 3.12. The largest absolute Gasteiger partial charge is 0.480 e. The van der Waals surface area contributed by atoms with Gasteiger partial charge in [-0.25, -0.2) is 4.39 Å². The molecule has 7 heteroatoms. The van der Waals surface area contributed by atoms with Crippen LogP contribution in [0.25, 0.3) is 0 Å². The highest BCUT2D eigenvalue weighted by molar-refractivity contribution is 7.12. The Morgan fingerprint density at radius 3 is 2.76 bits per heavy atom. The van der Waals surface area contributed by atoms with Crippen LogP contribution < -0.4 is 11.5 Å². The van der Waals surface area contributed by atoms with Crippen molar-refractivity contribution >= 4 is 23.1 Å². The van der Waals surface area contributed by atoms with E-state index in [9.17, 15) is 9.18 Å². The summed E-state index contributed by atoms with van der Waals surface area (Å²) in [6.07, 6.45) is 0.280. The van der Waals surface area contributed by atoms with Gasteiger partial charge in [-0.2, -0.15) is 0 Å². The molecule has 0 saturated carbocycles. The smallest absolute Gasteiger partial charge is 0.320 e. The first-order valence-electron chi connectivity index (χ1n) is 4.93. The molecule has 0 aliphatic rings. The predicted octanol–water partition coefficient (Wildman–Crippen LogP) is 0.529. The van der Waals surface area contributed by atoms with Gasteiger partial charge in [-0.05, 0) is 12.1 Å². The molecule has 0 aromatic carbocycles. The third kappa shape index (κ3) is 4.49. The number of halogens is 1. The Morgan fingerprint density at radius 2 is 2.18 bits per heavy atom. The van der Waals surface area contributed by atoms with Gasteiger partial charge in [0.05, 0.1) is 6.54 Å². The quantitative estimate of drug-likeness (QED) is 0.512. The molecule has 1 atom stereocenters. The summed E-state index contributed by atoms with van der Waals surface area (Å²) in [6, 6.07) is 2.70. The van der Waals surface area contributed by atoms with Crippen LogP contribution in [0.3, 0.4) is 0 Å². The first-order valence-corrected chi connectivity index (χ1v) is 5.75. The Kier molecular flexibility index (Phi) is 5.05. The Labute approximate surface area is 102 Å². The first kappa shape index (κ1) is 13.6. The predicted molar refractivity (Wildman–Crippen MR) is 64.9 cm³/mol. The molecular formula is C10H14FN3O2S. The van der Waals surface area contributed by atoms with E-state index in [1.165, 1.54) is 11.3 Å². The zero-order valence-corrected chi connectivity index (χ0v) is 9.91. The van der Waals surface area contributed by atoms with E-state index in [0.29, 0.717) is 6.54 Å². The zero-order valence-electron chi connectivity index (χ0n) is 9.10. The van der Waals surface area contributed by atoms with E-state index in [0.717, 1.165) is 9.75 Å². The summed E-state index contributed by atoms with van der Waals surface area (Å²) >= 11 is 1.40. The van der Waals surface area contributed by atoms with Gasteiger partial charge in [0.25, 0.3) is 0 Å². The van der Waals surface area contributed by atoms with E-state index in [4.69, 9.17) is 16.6 Å². The van der Waals surface area contributed by atoms with Crippen molar-refractivity contribution in [3.05, 3.63) is 21.9 Å². The van der Waals surface area contributed by atoms with E-state index in [1.54, 1.807) is 6.07 Å². The van der Waals surface area contributed by atoms with Crippen LogP contribution >= 0.6 is 11.3 Å². The fourth-order valence-corrected chi connectivity index (χ4v) is 2.14. The minimum atomic E-state index is -1.03. The summed E-state index contributed by atoms with van der Waals surface area (Å²) < 4.78 is 12.0. The van der Waals surface area contributed by atoms with Gasteiger partial charge in [-0.3, -0.25) is 9.79 Å². The lowest BCUT2D eigenvalue weighted by Gasteiger charge is -2.02. The van der Waals surface area contributed by atoms with Crippen molar-refractivity contribution in [2.24, 2.45) is 16.5 Å². The molecule has 0 saturated heterocycles. The number of carboxylic acids is 1. The average molecular weight is 259 g/mol. The molecule has 1 aromatic heterocycles. The van der Waals surface area contributed by atoms with Crippen LogP contribution in [-0.2, 0) is 17.8 Å². The maximum absolute atomic E-state index is 12.0. The Bertz CT molecular complexity index is 419. The number of hydrogen-bond donors (Lipinski definition) is 3. The minimum absolute atomic E-state index is 0.0396. The maximum atomic E-state index is 12.0. The standard InChI is InChI=1S/C10H14FN3O2S/c11-4-9(13)14-5-7-2-1-6(17-7)3-8(12)10(15)16/h1-2,8H,3-5,12H2,(H2,13,14)(H,15,16). The van der Waals surface area contributed by atoms with Crippen molar-refractivity contribution in [2.75, 3.05) is 6.67 Å². The molecule has 1 unspecified atom stereocenters. The fraction of sp³-hybridized carbons (Fsp3) is 0.400. The number of nitrogens with zero attached hydrogens (tertiary/aromatic N) is 1. The van der Waals surface area contributed by atoms with E-state index in [2.05, 4.69) is 4.99 Å². The van der Waals surface area contributed by atoms with Crippen LogP contribution in [0.15, 0.2) is 17.1 Å². The minimum Gasteiger partial charge on any atom is -0.480 e. The monoisotopic (exact) mass is 259 g/mol. The summed E-state index contributed by atoms with van der Waals surface area (Å²) in [6.45, 7) is -0.454. The molecule has 0 fully saturated rings. The molecule has 0 radical (unpaired) electrons. The second kappa shape index (κ2) is 6.31. The fourth-order valence-electron chi connectivity index (χ4n) is 1.14. The van der Waals surface area contributed by atoms with Crippen molar-refractivity contribution in [2.45, 2.75) is 19.0 Å². The maximum Gasteiger partial charge on any atom is 0.320 e. The molecular weight excluding hydrogens is 245 g/mol. The number of alkyl halides is 1. The molecule has 1 heterocycles. The van der Waals surface area contributed by atoms with E-state index in [-0.39, 0.29) is 12.3 Å². The molecule has 5 N–H and O–H groups in total. The van der Waals surface area contributed by atoms with Crippen LogP contribution in [0, 0.1) is 0 Å². The number of carboxylic acid groups (broad SMARTS) is 1. The Hall–Kier alpha value is -1.47. The number of thiophene rings is 1. The first-order chi connectivity index (χ1) is 8.02. The molecule has 5 nitrogen and oxygen atoms in total. The van der Waals surface area contributed by atoms with Crippen LogP contribution in [0.5, 0.6) is 0 Å². The highest BCUT2D eigenvalue weighted by Gasteiger charge is 2.13. The van der Waals surface area contributed by atoms with Crippen molar-refractivity contribution in [3.8, 4) is 0 Å². The van der Waals surface area contributed by atoms with Gasteiger partial charge in [0.2, 0.25) is 0 Å². The SMILES string of the molecule is NC(CF)=NCc1ccc(CC(N)C(=O)O)s1. The van der Waals surface area contributed by atoms with Gasteiger partial charge < -0.3 is 16.6 Å². The number of aliphatic imine (C=N–C) groups is 1. The number of nitrogens with two attached hydrogens (primary N) is 2. The van der Waals surface area contributed by atoms with Crippen molar-refractivity contribution < 1.29 is 14.3 Å². The Morgan fingerprint density at radius 1 is 1.53 bits per heavy atom. The zero-order chi connectivity index (χ0) is 12.8. The number of amidine groups is 1. The number of carbonyl (C=O) groups is 1. The molecule has 0 bridgehead atoms. The summed E-state index contributed by atoms with van der Waals surface area (Å²) in [5, 5.41) is 8.66. The van der Waals surface area contributed by atoms with Gasteiger partial charge >= 0.3 is 5.97 Å². The van der Waals surface area contributed by atoms with Gasteiger partial charge in [0, 0.05) is 16.2 Å². The van der Waals surface area contributed by atoms with Gasteiger partial charge in [-0.15, -0.1) is 11.3 Å². The lowest BCUT2D eigenvalue weighted by molar-refractivity contribution is -0.138. The number of hydrogen-bond acceptors (Lipinski definition) is 4. The summed E-state index contributed by atoms with van der Waals surface area (Å²) in [4.78, 5) is 16.1. The lowest BCUT2D eigenvalue weighted by atomic mass is 10.2. The third-order valence-electron chi connectivity index (χ3n) is 2.03. The highest BCUT2D eigenvalue weighted by Crippen LogP contribution is 2.18. The van der Waals surface area contributed by atoms with Crippen LogP contribution in [0.4, 0.5) is 4.39 Å². The average Bonchev–Trinajstić information content (AvgIpc) is 2.73. The Balaban J connectivity index is 2.56. The second-order valence-electron chi connectivity index (χ2n) is 3.46. The molecule has 1 aromatic rings. The van der Waals surface area contributed by atoms with E-state index >= 15 is 0 Å². The second-order valence-corrected chi connectivity index (χ2v) is 4.71. The number of aliphatic carboxylic acids is 1. The summed E-state index contributed by atoms with van der Waals surface area (Å²) in [5.41, 5.74) is 10.6. The highest BCUT2D eigenvalue weighted by atomic mass is 32.1. The lowest BCUT2D eigenvalue weighted by Crippen LogP contribution is -2.31. The molecule has 94 valence electrons. The van der Waals surface area contributed by atoms with Gasteiger partial charge in [0.15, 0.2) is 0 Å². The topological polar surface area (TPSA) is 102 Å². The van der Waals surface area contributed by atoms with Crippen LogP contribution in [-0.4, -0.2) is 29.6 Å². The molecule has 0 spiro atoms. The van der Waals surface area contributed by atoms with E-state index in [1.807, 2.05) is 6.07 Å². The summed E-state index contributed by atoms with van der Waals surface area (Å²) in [5.74, 6) is -1.07. The van der Waals surface area contributed by atoms with Crippen molar-refractivity contribution in [1.29, 1.82) is 0 Å². The van der Waals surface area contributed by atoms with Gasteiger partial charge in [-0.1, -0.05) is 0 Å². The van der Waals surface area contributed by atoms with Gasteiger partial charge in [0.1, 0.15) is 18.6 Å². The molecule has 0 aliphatic heterocycles. The van der Waals surface area contributed by atoms with Crippen LogP contribution in [0.1, 0.15) is 9.75 Å². The molecule has 1 rings (SSSR count). The van der Waals surface area contributed by atoms with E-state index < -0.39 is 18.7 Å². The normalized spacial score (nSPS) is 13.6. The van der Waals surface area contributed by atoms with Crippen LogP contribution in [0.2, 0.25) is 0 Å². The molecule has 17 heavy (non-hydrogen) atoms. The molecule has 0 amide bonds. The number of rotatable bonds is 6. The molecule has 0 aliphatic carbocycles. The van der Waals surface area contributed by atoms with Crippen molar-refractivity contribution in [1.82, 2.24) is 0 Å². The van der Waals surface area contributed by atoms with Crippen molar-refractivity contribution in [3.63, 3.8) is 0 Å². The summed E-state index contributed by atoms with van der Waals surface area (Å²) in [7, 11) is 0.